The number of rotatable bonds is 20. The predicted octanol–water partition coefficient (Wildman–Crippen LogP) is 13.6. The average Bonchev–Trinajstić information content (AvgIpc) is 3.28. The van der Waals surface area contributed by atoms with Crippen molar-refractivity contribution in [1.82, 2.24) is 0 Å². The van der Waals surface area contributed by atoms with E-state index in [4.69, 9.17) is 50.2 Å². The summed E-state index contributed by atoms with van der Waals surface area (Å²) in [6, 6.07) is 50.4. The third-order valence-electron chi connectivity index (χ3n) is 8.83. The van der Waals surface area contributed by atoms with E-state index >= 15 is 0 Å². The summed E-state index contributed by atoms with van der Waals surface area (Å²) in [4.78, 5) is 24.8. The highest BCUT2D eigenvalue weighted by Gasteiger charge is 2.49. The van der Waals surface area contributed by atoms with E-state index in [0.29, 0.717) is 45.6 Å². The third-order valence-corrected chi connectivity index (χ3v) is 16.9. The molecule has 0 saturated heterocycles. The molecular formula is C48H46N3O10P3. The van der Waals surface area contributed by atoms with Gasteiger partial charge in [-0.1, -0.05) is 136 Å². The lowest BCUT2D eigenvalue weighted by molar-refractivity contribution is -0.139. The molecule has 1 aliphatic rings. The van der Waals surface area contributed by atoms with Crippen LogP contribution in [0.1, 0.15) is 25.0 Å². The molecule has 0 radical (unpaired) electrons. The highest BCUT2D eigenvalue weighted by atomic mass is 31.3. The molecule has 1 heterocycles. The fraction of sp³-hybridized carbons (Fsp3) is 0.125. The summed E-state index contributed by atoms with van der Waals surface area (Å²) in [5, 5.41) is 0. The lowest BCUT2D eigenvalue weighted by atomic mass is 10.1. The molecule has 0 aromatic heterocycles. The highest BCUT2D eigenvalue weighted by molar-refractivity contribution is 7.79. The van der Waals surface area contributed by atoms with Crippen molar-refractivity contribution < 1.29 is 46.2 Å². The molecule has 0 bridgehead atoms. The minimum atomic E-state index is -4.30. The molecule has 1 aliphatic heterocycles. The van der Waals surface area contributed by atoms with Gasteiger partial charge < -0.3 is 36.6 Å². The zero-order valence-corrected chi connectivity index (χ0v) is 37.9. The number of nitrogens with zero attached hydrogens (tertiary/aromatic N) is 3. The van der Waals surface area contributed by atoms with Gasteiger partial charge in [-0.3, -0.25) is 0 Å². The van der Waals surface area contributed by atoms with Crippen molar-refractivity contribution in [3.63, 3.8) is 0 Å². The van der Waals surface area contributed by atoms with Gasteiger partial charge in [0.15, 0.2) is 0 Å². The summed E-state index contributed by atoms with van der Waals surface area (Å²) in [5.74, 6) is 1.05. The molecular weight excluding hydrogens is 871 g/mol. The first-order chi connectivity index (χ1) is 31.0. The van der Waals surface area contributed by atoms with Crippen LogP contribution in [0.4, 0.5) is 0 Å². The maximum Gasteiger partial charge on any atom is 0.460 e. The average molecular weight is 918 g/mol. The van der Waals surface area contributed by atoms with Gasteiger partial charge in [-0.15, -0.1) is 0 Å². The fourth-order valence-electron chi connectivity index (χ4n) is 5.84. The van der Waals surface area contributed by atoms with Gasteiger partial charge in [0, 0.05) is 24.0 Å². The van der Waals surface area contributed by atoms with Crippen molar-refractivity contribution in [2.24, 2.45) is 13.5 Å². The Morgan fingerprint density at radius 1 is 0.406 bits per heavy atom. The first kappa shape index (κ1) is 45.3. The molecule has 0 N–H and O–H groups in total. The van der Waals surface area contributed by atoms with E-state index in [-0.39, 0.29) is 37.2 Å². The van der Waals surface area contributed by atoms with E-state index in [1.54, 1.807) is 86.6 Å². The summed E-state index contributed by atoms with van der Waals surface area (Å²) in [7, 11) is -12.6. The molecule has 0 saturated carbocycles. The topological polar surface area (TPSA) is 145 Å². The molecule has 0 atom stereocenters. The smallest absolute Gasteiger partial charge is 0.460 e. The SMILES string of the molecule is C=C(C)C(=O)OCCc1ccccc1OP1(Oc2ccccc2CCOC(=O)C(=C)C)=NP(Oc2ccccc2)(Oc2ccccc2)=NP(Oc2ccccc2)(Oc2ccccc2)=N1. The number of ether oxygens (including phenoxy) is 2. The maximum atomic E-state index is 12.4. The van der Waals surface area contributed by atoms with E-state index in [9.17, 15) is 9.59 Å². The number of carbonyl (C=O) groups is 2. The minimum Gasteiger partial charge on any atom is -0.462 e. The summed E-state index contributed by atoms with van der Waals surface area (Å²) >= 11 is 0. The first-order valence-corrected chi connectivity index (χ1v) is 24.7. The fourth-order valence-corrected chi connectivity index (χ4v) is 15.0. The van der Waals surface area contributed by atoms with Gasteiger partial charge in [0.05, 0.1) is 13.2 Å². The van der Waals surface area contributed by atoms with Gasteiger partial charge in [0.1, 0.15) is 34.5 Å². The van der Waals surface area contributed by atoms with E-state index < -0.39 is 34.9 Å². The normalized spacial score (nSPS) is 14.1. The molecule has 0 fully saturated rings. The largest absolute Gasteiger partial charge is 0.462 e. The minimum absolute atomic E-state index is 0.0179. The van der Waals surface area contributed by atoms with Crippen LogP contribution in [-0.2, 0) is 31.9 Å². The monoisotopic (exact) mass is 917 g/mol. The standard InChI is InChI=1S/C48H46N3O10P3/c1-37(2)47(52)54-35-33-39-21-17-19-31-45(39)60-64(61-46-32-20-18-22-40(46)34-36-55-48(53)38(3)4)50-62(56-41-23-9-5-10-24-41,57-42-25-11-6-12-26-42)49-63(51-64,58-43-27-13-7-14-28-43)59-44-29-15-8-16-30-44/h5-32H,1,3,33-36H2,2,4H3. The van der Waals surface area contributed by atoms with Crippen LogP contribution in [0.5, 0.6) is 34.5 Å². The van der Waals surface area contributed by atoms with Crippen molar-refractivity contribution in [2.75, 3.05) is 13.2 Å². The molecule has 13 nitrogen and oxygen atoms in total. The molecule has 7 rings (SSSR count). The van der Waals surface area contributed by atoms with Crippen LogP contribution in [0.15, 0.2) is 208 Å². The summed E-state index contributed by atoms with van der Waals surface area (Å²) in [6.45, 7) is 10.6. The Hall–Kier alpha value is -6.77. The Balaban J connectivity index is 1.51. The number of hydrogen-bond donors (Lipinski definition) is 0. The van der Waals surface area contributed by atoms with Gasteiger partial charge in [-0.25, -0.2) is 9.59 Å². The van der Waals surface area contributed by atoms with Crippen LogP contribution >= 0.6 is 23.0 Å². The second-order valence-corrected chi connectivity index (χ2v) is 20.3. The maximum absolute atomic E-state index is 12.4. The Kier molecular flexibility index (Phi) is 14.9. The first-order valence-electron chi connectivity index (χ1n) is 20.1. The Labute approximate surface area is 373 Å². The van der Waals surface area contributed by atoms with Gasteiger partial charge in [0.2, 0.25) is 0 Å². The second-order valence-electron chi connectivity index (χ2n) is 14.1. The van der Waals surface area contributed by atoms with E-state index in [1.807, 2.05) is 97.1 Å². The molecule has 16 heteroatoms. The van der Waals surface area contributed by atoms with Gasteiger partial charge >= 0.3 is 34.9 Å². The van der Waals surface area contributed by atoms with Gasteiger partial charge in [-0.05, 0) is 85.6 Å². The van der Waals surface area contributed by atoms with Crippen LogP contribution < -0.4 is 27.1 Å². The second kappa shape index (κ2) is 21.1. The van der Waals surface area contributed by atoms with Crippen LogP contribution in [0, 0.1) is 0 Å². The van der Waals surface area contributed by atoms with Gasteiger partial charge in [0.25, 0.3) is 0 Å². The third kappa shape index (κ3) is 12.2. The van der Waals surface area contributed by atoms with Crippen molar-refractivity contribution in [2.45, 2.75) is 26.7 Å². The van der Waals surface area contributed by atoms with Crippen molar-refractivity contribution in [3.8, 4) is 34.5 Å². The zero-order valence-electron chi connectivity index (χ0n) is 35.2. The number of esters is 2. The number of para-hydroxylation sites is 6. The number of benzene rings is 6. The van der Waals surface area contributed by atoms with Gasteiger partial charge in [-0.2, -0.15) is 0 Å². The molecule has 6 aromatic carbocycles. The molecule has 6 aromatic rings. The molecule has 0 amide bonds. The van der Waals surface area contributed by atoms with Crippen LogP contribution in [0.2, 0.25) is 0 Å². The summed E-state index contributed by atoms with van der Waals surface area (Å²) in [6.07, 6.45) is 0.486. The quantitative estimate of drug-likeness (QED) is 0.0412. The molecule has 328 valence electrons. The van der Waals surface area contributed by atoms with Crippen LogP contribution in [0.3, 0.4) is 0 Å². The van der Waals surface area contributed by atoms with Crippen molar-refractivity contribution in [3.05, 3.63) is 205 Å². The number of carbonyl (C=O) groups excluding carboxylic acids is 2. The lowest BCUT2D eigenvalue weighted by Crippen LogP contribution is -2.13. The Bertz CT molecular complexity index is 2510. The lowest BCUT2D eigenvalue weighted by Gasteiger charge is -2.33. The van der Waals surface area contributed by atoms with E-state index in [2.05, 4.69) is 13.2 Å². The zero-order chi connectivity index (χ0) is 44.8. The van der Waals surface area contributed by atoms with Crippen molar-refractivity contribution >= 4 is 34.9 Å². The molecule has 0 aliphatic carbocycles. The Morgan fingerprint density at radius 2 is 0.672 bits per heavy atom. The highest BCUT2D eigenvalue weighted by Crippen LogP contribution is 2.78. The van der Waals surface area contributed by atoms with E-state index in [1.165, 1.54) is 0 Å². The molecule has 64 heavy (non-hydrogen) atoms. The number of hydrogen-bond acceptors (Lipinski definition) is 13. The van der Waals surface area contributed by atoms with E-state index in [0.717, 1.165) is 0 Å². The van der Waals surface area contributed by atoms with Crippen LogP contribution in [-0.4, -0.2) is 25.2 Å². The molecule has 0 unspecified atom stereocenters. The summed E-state index contributed by atoms with van der Waals surface area (Å²) < 4.78 is 68.8. The van der Waals surface area contributed by atoms with Crippen molar-refractivity contribution in [1.29, 1.82) is 0 Å². The molecule has 0 spiro atoms. The van der Waals surface area contributed by atoms with Crippen LogP contribution in [0.25, 0.3) is 0 Å². The summed E-state index contributed by atoms with van der Waals surface area (Å²) in [5.41, 5.74) is 1.82. The predicted molar refractivity (Wildman–Crippen MR) is 249 cm³/mol. The Morgan fingerprint density at radius 3 is 0.969 bits per heavy atom.